The molecular weight excluding hydrogens is 592 g/mol. The van der Waals surface area contributed by atoms with Crippen LogP contribution in [0.1, 0.15) is 47.8 Å². The molecule has 7 N–H and O–H groups in total. The van der Waals surface area contributed by atoms with Crippen LogP contribution in [-0.4, -0.2) is 69.5 Å². The molecule has 5 heterocycles. The lowest BCUT2D eigenvalue weighted by Gasteiger charge is -2.40. The number of piperidine rings is 1. The molecule has 0 spiro atoms. The molecule has 7 rings (SSSR count). The van der Waals surface area contributed by atoms with E-state index in [1.165, 1.54) is 4.90 Å². The maximum absolute atomic E-state index is 12.8. The molecule has 1 fully saturated rings. The molecule has 2 aliphatic rings. The Morgan fingerprint density at radius 1 is 1.02 bits per heavy atom. The molecule has 0 radical (unpaired) electrons. The summed E-state index contributed by atoms with van der Waals surface area (Å²) in [6.45, 7) is 0.509. The predicted molar refractivity (Wildman–Crippen MR) is 165 cm³/mol. The van der Waals surface area contributed by atoms with Gasteiger partial charge in [0.15, 0.2) is 0 Å². The maximum atomic E-state index is 12.8. The number of para-hydroxylation sites is 1. The van der Waals surface area contributed by atoms with Gasteiger partial charge in [0.2, 0.25) is 5.91 Å². The minimum atomic E-state index is -1.17. The number of hydrogen-bond donors (Lipinski definition) is 7. The number of nitrogens with zero attached hydrogens (tertiary/aromatic N) is 5. The highest BCUT2D eigenvalue weighted by Crippen LogP contribution is 2.45. The minimum absolute atomic E-state index is 0.0419. The van der Waals surface area contributed by atoms with Gasteiger partial charge in [-0.15, -0.1) is 0 Å². The van der Waals surface area contributed by atoms with Crippen LogP contribution in [0.15, 0.2) is 77.7 Å². The fraction of sp³-hybridized carbons (Fsp3) is 0.312. The summed E-state index contributed by atoms with van der Waals surface area (Å²) >= 11 is 0. The van der Waals surface area contributed by atoms with Crippen molar-refractivity contribution < 1.29 is 29.6 Å². The summed E-state index contributed by atoms with van der Waals surface area (Å²) < 4.78 is 7.65. The second-order valence-corrected chi connectivity index (χ2v) is 11.5. The Kier molecular flexibility index (Phi) is 8.21. The summed E-state index contributed by atoms with van der Waals surface area (Å²) in [7, 11) is 0. The largest absolute Gasteiger partial charge is 0.456 e. The Balaban J connectivity index is 0.965. The summed E-state index contributed by atoms with van der Waals surface area (Å²) in [6.07, 6.45) is 1.43. The number of carbonyl (C=O) groups is 1. The van der Waals surface area contributed by atoms with E-state index in [0.717, 1.165) is 16.5 Å². The first-order chi connectivity index (χ1) is 22.4. The van der Waals surface area contributed by atoms with Crippen LogP contribution < -0.4 is 16.0 Å². The third kappa shape index (κ3) is 5.85. The molecule has 1 saturated heterocycles. The lowest BCUT2D eigenvalue weighted by molar-refractivity contribution is -0.158. The number of aliphatic hydroxyl groups is 4. The molecular formula is C32H34N8O6. The number of amides is 1. The van der Waals surface area contributed by atoms with Gasteiger partial charge in [-0.05, 0) is 37.1 Å². The minimum Gasteiger partial charge on any atom is -0.456 e. The standard InChI is InChI=1S/C32H34N8O6/c41-27-9-8-24(30(43)37-27)40-31(44)21-5-3-6-22(29(21)32(40)45)33-13-19-15-39(17-35-19)16-28(42)34-14-23-20(10-11-36-38-23)26-12-18-4-1-2-7-25(18)46-26/h1-7,10-12,15,17,24,27,30-33,37,41,43-45H,8-9,13-14,16H2,(H,34,42). The SMILES string of the molecule is O=C(Cn1cnc(CNc2cccc3c2C(O)N(C2CCC(O)NC2O)C3O)c1)NCc1nnccc1-c1cc2ccccc2o1. The van der Waals surface area contributed by atoms with Crippen molar-refractivity contribution in [2.45, 2.75) is 63.4 Å². The van der Waals surface area contributed by atoms with Crippen molar-refractivity contribution in [3.63, 3.8) is 0 Å². The molecule has 46 heavy (non-hydrogen) atoms. The zero-order valence-corrected chi connectivity index (χ0v) is 24.7. The number of rotatable bonds is 9. The molecule has 1 amide bonds. The van der Waals surface area contributed by atoms with Gasteiger partial charge < -0.3 is 40.0 Å². The van der Waals surface area contributed by atoms with Crippen LogP contribution in [0.2, 0.25) is 0 Å². The molecule has 2 aromatic carbocycles. The van der Waals surface area contributed by atoms with Crippen molar-refractivity contribution in [2.24, 2.45) is 0 Å². The van der Waals surface area contributed by atoms with Gasteiger partial charge in [0, 0.05) is 34.0 Å². The first-order valence-corrected chi connectivity index (χ1v) is 15.0. The molecule has 238 valence electrons. The van der Waals surface area contributed by atoms with Gasteiger partial charge in [-0.1, -0.05) is 30.3 Å². The number of imidazole rings is 1. The van der Waals surface area contributed by atoms with E-state index in [9.17, 15) is 25.2 Å². The average molecular weight is 627 g/mol. The van der Waals surface area contributed by atoms with Crippen molar-refractivity contribution in [3.8, 4) is 11.3 Å². The van der Waals surface area contributed by atoms with Gasteiger partial charge in [-0.25, -0.2) is 9.88 Å². The summed E-state index contributed by atoms with van der Waals surface area (Å²) in [5.41, 5.74) is 4.42. The first kappa shape index (κ1) is 30.0. The van der Waals surface area contributed by atoms with Crippen molar-refractivity contribution in [3.05, 3.63) is 95.8 Å². The molecule has 3 aromatic heterocycles. The molecule has 5 unspecified atom stereocenters. The summed E-state index contributed by atoms with van der Waals surface area (Å²) in [6, 6.07) is 16.2. The van der Waals surface area contributed by atoms with Crippen molar-refractivity contribution >= 4 is 22.6 Å². The van der Waals surface area contributed by atoms with Gasteiger partial charge in [0.05, 0.1) is 43.0 Å². The van der Waals surface area contributed by atoms with Gasteiger partial charge in [-0.2, -0.15) is 10.2 Å². The highest BCUT2D eigenvalue weighted by Gasteiger charge is 2.45. The molecule has 5 aromatic rings. The van der Waals surface area contributed by atoms with Crippen LogP contribution in [0.4, 0.5) is 5.69 Å². The zero-order valence-electron chi connectivity index (χ0n) is 24.7. The highest BCUT2D eigenvalue weighted by molar-refractivity contribution is 5.83. The fourth-order valence-electron chi connectivity index (χ4n) is 6.25. The lowest BCUT2D eigenvalue weighted by Crippen LogP contribution is -2.57. The van der Waals surface area contributed by atoms with Gasteiger partial charge in [0.25, 0.3) is 0 Å². The molecule has 5 atom stereocenters. The van der Waals surface area contributed by atoms with Crippen LogP contribution in [-0.2, 0) is 24.4 Å². The van der Waals surface area contributed by atoms with Gasteiger partial charge in [0.1, 0.15) is 42.8 Å². The normalized spacial score (nSPS) is 23.0. The van der Waals surface area contributed by atoms with E-state index in [4.69, 9.17) is 4.42 Å². The van der Waals surface area contributed by atoms with Crippen LogP contribution in [0.25, 0.3) is 22.3 Å². The van der Waals surface area contributed by atoms with E-state index in [1.807, 2.05) is 36.4 Å². The zero-order chi connectivity index (χ0) is 31.8. The highest BCUT2D eigenvalue weighted by atomic mass is 16.3. The van der Waals surface area contributed by atoms with E-state index in [1.54, 1.807) is 41.5 Å². The number of furan rings is 1. The summed E-state index contributed by atoms with van der Waals surface area (Å²) in [4.78, 5) is 18.7. The summed E-state index contributed by atoms with van der Waals surface area (Å²) in [5, 5.41) is 60.5. The van der Waals surface area contributed by atoms with E-state index in [-0.39, 0.29) is 19.0 Å². The predicted octanol–water partition coefficient (Wildman–Crippen LogP) is 1.70. The first-order valence-electron chi connectivity index (χ1n) is 15.0. The van der Waals surface area contributed by atoms with E-state index >= 15 is 0 Å². The molecule has 2 aliphatic heterocycles. The van der Waals surface area contributed by atoms with Gasteiger partial charge >= 0.3 is 0 Å². The quantitative estimate of drug-likeness (QED) is 0.125. The number of fused-ring (bicyclic) bond motifs is 2. The third-order valence-electron chi connectivity index (χ3n) is 8.50. The number of benzene rings is 2. The molecule has 0 aliphatic carbocycles. The smallest absolute Gasteiger partial charge is 0.240 e. The van der Waals surface area contributed by atoms with Crippen LogP contribution in [0, 0.1) is 0 Å². The van der Waals surface area contributed by atoms with Gasteiger partial charge in [-0.3, -0.25) is 10.1 Å². The fourth-order valence-corrected chi connectivity index (χ4v) is 6.25. The molecule has 14 heteroatoms. The number of carbonyl (C=O) groups excluding carboxylic acids is 1. The summed E-state index contributed by atoms with van der Waals surface area (Å²) in [5.74, 6) is 0.414. The monoisotopic (exact) mass is 626 g/mol. The Hall–Kier alpha value is -4.70. The van der Waals surface area contributed by atoms with Crippen molar-refractivity contribution in [1.29, 1.82) is 0 Å². The Labute approximate surface area is 263 Å². The van der Waals surface area contributed by atoms with E-state index in [0.29, 0.717) is 53.3 Å². The Bertz CT molecular complexity index is 1830. The van der Waals surface area contributed by atoms with Crippen LogP contribution in [0.3, 0.4) is 0 Å². The van der Waals surface area contributed by atoms with E-state index < -0.39 is 31.0 Å². The van der Waals surface area contributed by atoms with Crippen LogP contribution in [0.5, 0.6) is 0 Å². The second kappa shape index (κ2) is 12.6. The number of aromatic nitrogens is 4. The van der Waals surface area contributed by atoms with Crippen molar-refractivity contribution in [1.82, 2.24) is 35.3 Å². The lowest BCUT2D eigenvalue weighted by atomic mass is 10.0. The molecule has 0 saturated carbocycles. The van der Waals surface area contributed by atoms with Crippen LogP contribution >= 0.6 is 0 Å². The number of nitrogens with one attached hydrogen (secondary N) is 3. The average Bonchev–Trinajstić information content (AvgIpc) is 3.76. The number of aliphatic hydroxyl groups excluding tert-OH is 4. The topological polar surface area (TPSA) is 194 Å². The Morgan fingerprint density at radius 3 is 2.74 bits per heavy atom. The third-order valence-corrected chi connectivity index (χ3v) is 8.50. The van der Waals surface area contributed by atoms with E-state index in [2.05, 4.69) is 31.1 Å². The Morgan fingerprint density at radius 2 is 1.89 bits per heavy atom. The number of anilines is 1. The number of hydrogen-bond acceptors (Lipinski definition) is 12. The van der Waals surface area contributed by atoms with Crippen molar-refractivity contribution in [2.75, 3.05) is 5.32 Å². The molecule has 0 bridgehead atoms. The maximum Gasteiger partial charge on any atom is 0.240 e. The molecule has 14 nitrogen and oxygen atoms in total. The second-order valence-electron chi connectivity index (χ2n) is 11.5.